The Bertz CT molecular complexity index is 220. The number of carboxylic acid groups (broad SMARTS) is 2. The fourth-order valence-electron chi connectivity index (χ4n) is 1.26. The molecule has 5 nitrogen and oxygen atoms in total. The van der Waals surface area contributed by atoms with E-state index in [9.17, 15) is 14.0 Å². The van der Waals surface area contributed by atoms with Gasteiger partial charge in [-0.25, -0.2) is 14.0 Å². The summed E-state index contributed by atoms with van der Waals surface area (Å²) >= 11 is 0. The van der Waals surface area contributed by atoms with Crippen molar-refractivity contribution in [2.75, 3.05) is 6.54 Å². The molecular formula is C6H8FNO4. The van der Waals surface area contributed by atoms with Gasteiger partial charge in [0.15, 0.2) is 6.04 Å². The molecule has 0 saturated carbocycles. The van der Waals surface area contributed by atoms with E-state index in [0.29, 0.717) is 4.90 Å². The second-order valence-electron chi connectivity index (χ2n) is 2.56. The summed E-state index contributed by atoms with van der Waals surface area (Å²) in [5, 5.41) is 16.9. The third-order valence-corrected chi connectivity index (χ3v) is 1.82. The fourth-order valence-corrected chi connectivity index (χ4v) is 1.26. The number of hydrogen-bond acceptors (Lipinski definition) is 2. The molecule has 68 valence electrons. The van der Waals surface area contributed by atoms with Crippen molar-refractivity contribution in [3.63, 3.8) is 0 Å². The van der Waals surface area contributed by atoms with E-state index < -0.39 is 24.3 Å². The number of likely N-dealkylation sites (tertiary alicyclic amines) is 1. The van der Waals surface area contributed by atoms with Crippen LogP contribution in [0.15, 0.2) is 0 Å². The standard InChI is InChI=1S/C6H8FNO4/c7-3-1-2-8(6(11)12)4(3)5(9)10/h3-4H,1-2H2,(H,9,10)(H,11,12)/t3-,4?/m0/s1. The molecular weight excluding hydrogens is 169 g/mol. The van der Waals surface area contributed by atoms with Gasteiger partial charge in [0, 0.05) is 6.54 Å². The van der Waals surface area contributed by atoms with Crippen LogP contribution in [0.25, 0.3) is 0 Å². The summed E-state index contributed by atoms with van der Waals surface area (Å²) in [6.45, 7) is -0.0481. The number of nitrogens with zero attached hydrogens (tertiary/aromatic N) is 1. The van der Waals surface area contributed by atoms with E-state index in [1.165, 1.54) is 0 Å². The average Bonchev–Trinajstić information content (AvgIpc) is 2.30. The molecule has 1 unspecified atom stereocenters. The minimum atomic E-state index is -1.58. The van der Waals surface area contributed by atoms with Crippen LogP contribution in [-0.4, -0.2) is 45.9 Å². The third-order valence-electron chi connectivity index (χ3n) is 1.82. The van der Waals surface area contributed by atoms with Crippen molar-refractivity contribution in [1.29, 1.82) is 0 Å². The molecule has 1 aliphatic heterocycles. The Morgan fingerprint density at radius 2 is 2.00 bits per heavy atom. The zero-order valence-corrected chi connectivity index (χ0v) is 6.11. The molecule has 0 aliphatic carbocycles. The van der Waals surface area contributed by atoms with Crippen molar-refractivity contribution < 1.29 is 24.2 Å². The predicted octanol–water partition coefficient (Wildman–Crippen LogP) is 0.161. The Hall–Kier alpha value is -1.33. The van der Waals surface area contributed by atoms with E-state index in [1.54, 1.807) is 0 Å². The quantitative estimate of drug-likeness (QED) is 0.598. The molecule has 1 amide bonds. The van der Waals surface area contributed by atoms with E-state index in [0.717, 1.165) is 0 Å². The zero-order valence-electron chi connectivity index (χ0n) is 6.11. The minimum absolute atomic E-state index is 0.0384. The van der Waals surface area contributed by atoms with Gasteiger partial charge in [-0.3, -0.25) is 4.90 Å². The number of aliphatic carboxylic acids is 1. The van der Waals surface area contributed by atoms with Gasteiger partial charge in [-0.2, -0.15) is 0 Å². The normalized spacial score (nSPS) is 28.9. The maximum atomic E-state index is 12.8. The summed E-state index contributed by atoms with van der Waals surface area (Å²) in [6, 6.07) is -1.53. The summed E-state index contributed by atoms with van der Waals surface area (Å²) in [4.78, 5) is 21.3. The smallest absolute Gasteiger partial charge is 0.408 e. The van der Waals surface area contributed by atoms with Crippen molar-refractivity contribution in [3.05, 3.63) is 0 Å². The molecule has 1 rings (SSSR count). The topological polar surface area (TPSA) is 77.8 Å². The lowest BCUT2D eigenvalue weighted by atomic mass is 10.2. The van der Waals surface area contributed by atoms with Crippen LogP contribution in [0.1, 0.15) is 6.42 Å². The molecule has 6 heteroatoms. The predicted molar refractivity (Wildman–Crippen MR) is 35.7 cm³/mol. The number of hydrogen-bond donors (Lipinski definition) is 2. The van der Waals surface area contributed by atoms with E-state index >= 15 is 0 Å². The van der Waals surface area contributed by atoms with Gasteiger partial charge in [0.1, 0.15) is 6.17 Å². The number of rotatable bonds is 1. The lowest BCUT2D eigenvalue weighted by Crippen LogP contribution is -2.43. The van der Waals surface area contributed by atoms with Gasteiger partial charge < -0.3 is 10.2 Å². The molecule has 0 aromatic rings. The molecule has 12 heavy (non-hydrogen) atoms. The Labute approximate surface area is 67.4 Å². The van der Waals surface area contributed by atoms with Gasteiger partial charge in [0.25, 0.3) is 0 Å². The Morgan fingerprint density at radius 3 is 2.33 bits per heavy atom. The van der Waals surface area contributed by atoms with E-state index in [-0.39, 0.29) is 13.0 Å². The first-order valence-electron chi connectivity index (χ1n) is 3.40. The highest BCUT2D eigenvalue weighted by molar-refractivity contribution is 5.80. The molecule has 0 aromatic carbocycles. The fraction of sp³-hybridized carbons (Fsp3) is 0.667. The number of carboxylic acids is 1. The lowest BCUT2D eigenvalue weighted by molar-refractivity contribution is -0.143. The highest BCUT2D eigenvalue weighted by Gasteiger charge is 2.42. The Morgan fingerprint density at radius 1 is 1.42 bits per heavy atom. The summed E-state index contributed by atoms with van der Waals surface area (Å²) < 4.78 is 12.8. The van der Waals surface area contributed by atoms with Crippen LogP contribution in [0, 0.1) is 0 Å². The molecule has 0 spiro atoms. The van der Waals surface area contributed by atoms with Gasteiger partial charge in [-0.05, 0) is 6.42 Å². The average molecular weight is 177 g/mol. The summed E-state index contributed by atoms with van der Waals surface area (Å²) in [7, 11) is 0. The highest BCUT2D eigenvalue weighted by Crippen LogP contribution is 2.20. The molecule has 0 aromatic heterocycles. The molecule has 1 heterocycles. The third kappa shape index (κ3) is 1.32. The summed E-state index contributed by atoms with van der Waals surface area (Å²) in [5.74, 6) is -1.43. The van der Waals surface area contributed by atoms with E-state index in [4.69, 9.17) is 10.2 Å². The second-order valence-corrected chi connectivity index (χ2v) is 2.56. The molecule has 1 saturated heterocycles. The maximum absolute atomic E-state index is 12.8. The molecule has 2 N–H and O–H groups in total. The monoisotopic (exact) mass is 177 g/mol. The first-order chi connectivity index (χ1) is 5.54. The summed E-state index contributed by atoms with van der Waals surface area (Å²) in [6.07, 6.45) is -3.01. The van der Waals surface area contributed by atoms with Crippen LogP contribution in [0.3, 0.4) is 0 Å². The second kappa shape index (κ2) is 2.96. The molecule has 2 atom stereocenters. The van der Waals surface area contributed by atoms with E-state index in [2.05, 4.69) is 0 Å². The van der Waals surface area contributed by atoms with Gasteiger partial charge in [-0.1, -0.05) is 0 Å². The van der Waals surface area contributed by atoms with Crippen molar-refractivity contribution in [2.45, 2.75) is 18.6 Å². The van der Waals surface area contributed by atoms with Crippen molar-refractivity contribution >= 4 is 12.1 Å². The number of amides is 1. The van der Waals surface area contributed by atoms with E-state index in [1.807, 2.05) is 0 Å². The van der Waals surface area contributed by atoms with Crippen LogP contribution in [0.2, 0.25) is 0 Å². The Kier molecular flexibility index (Phi) is 2.16. The lowest BCUT2D eigenvalue weighted by Gasteiger charge is -2.17. The van der Waals surface area contributed by atoms with Crippen LogP contribution < -0.4 is 0 Å². The van der Waals surface area contributed by atoms with Crippen LogP contribution in [0.5, 0.6) is 0 Å². The largest absolute Gasteiger partial charge is 0.480 e. The molecule has 0 radical (unpaired) electrons. The maximum Gasteiger partial charge on any atom is 0.408 e. The number of halogens is 1. The van der Waals surface area contributed by atoms with Gasteiger partial charge >= 0.3 is 12.1 Å². The van der Waals surface area contributed by atoms with Gasteiger partial charge in [0.2, 0.25) is 0 Å². The molecule has 1 aliphatic rings. The van der Waals surface area contributed by atoms with Crippen LogP contribution >= 0.6 is 0 Å². The zero-order chi connectivity index (χ0) is 9.30. The molecule has 0 bridgehead atoms. The van der Waals surface area contributed by atoms with Crippen molar-refractivity contribution in [3.8, 4) is 0 Å². The van der Waals surface area contributed by atoms with Crippen LogP contribution in [-0.2, 0) is 4.79 Å². The van der Waals surface area contributed by atoms with Gasteiger partial charge in [-0.15, -0.1) is 0 Å². The van der Waals surface area contributed by atoms with Crippen molar-refractivity contribution in [2.24, 2.45) is 0 Å². The highest BCUT2D eigenvalue weighted by atomic mass is 19.1. The first kappa shape index (κ1) is 8.76. The minimum Gasteiger partial charge on any atom is -0.480 e. The SMILES string of the molecule is O=C(O)C1[C@@H](F)CCN1C(=O)O. The molecule has 1 fully saturated rings. The summed E-state index contributed by atoms with van der Waals surface area (Å²) in [5.41, 5.74) is 0. The number of alkyl halides is 1. The van der Waals surface area contributed by atoms with Gasteiger partial charge in [0.05, 0.1) is 0 Å². The number of carbonyl (C=O) groups is 2. The van der Waals surface area contributed by atoms with Crippen molar-refractivity contribution in [1.82, 2.24) is 4.90 Å². The first-order valence-corrected chi connectivity index (χ1v) is 3.40. The Balaban J connectivity index is 2.77. The van der Waals surface area contributed by atoms with Crippen LogP contribution in [0.4, 0.5) is 9.18 Å².